The Morgan fingerprint density at radius 3 is 2.61 bits per heavy atom. The zero-order valence-electron chi connectivity index (χ0n) is 12.4. The molecule has 7 heteroatoms. The Balaban J connectivity index is 2.42. The van der Waals surface area contributed by atoms with E-state index in [0.29, 0.717) is 10.6 Å². The van der Waals surface area contributed by atoms with Crippen LogP contribution in [0, 0.1) is 0 Å². The van der Waals surface area contributed by atoms with Crippen molar-refractivity contribution in [2.24, 2.45) is 0 Å². The maximum absolute atomic E-state index is 12.3. The number of hydrogen-bond donors (Lipinski definition) is 1. The van der Waals surface area contributed by atoms with E-state index in [1.807, 2.05) is 29.6 Å². The Labute approximate surface area is 151 Å². The van der Waals surface area contributed by atoms with E-state index in [1.165, 1.54) is 11.3 Å². The van der Waals surface area contributed by atoms with E-state index in [1.54, 1.807) is 6.92 Å². The summed E-state index contributed by atoms with van der Waals surface area (Å²) < 4.78 is 6.08. The molecule has 0 aliphatic rings. The van der Waals surface area contributed by atoms with Crippen LogP contribution in [-0.4, -0.2) is 24.4 Å². The number of nitrogens with one attached hydrogen (secondary N) is 1. The van der Waals surface area contributed by atoms with Crippen molar-refractivity contribution in [2.45, 2.75) is 13.3 Å². The largest absolute Gasteiger partial charge is 0.462 e. The van der Waals surface area contributed by atoms with Crippen LogP contribution in [0.25, 0.3) is 11.1 Å². The summed E-state index contributed by atoms with van der Waals surface area (Å²) in [5.74, 6) is -0.450. The number of amides is 1. The van der Waals surface area contributed by atoms with Gasteiger partial charge in [0.1, 0.15) is 10.6 Å². The van der Waals surface area contributed by atoms with E-state index in [9.17, 15) is 9.59 Å². The van der Waals surface area contributed by atoms with Crippen LogP contribution in [-0.2, 0) is 9.53 Å². The van der Waals surface area contributed by atoms with Gasteiger partial charge in [-0.1, -0.05) is 28.1 Å². The van der Waals surface area contributed by atoms with Gasteiger partial charge in [0.2, 0.25) is 5.91 Å². The van der Waals surface area contributed by atoms with Crippen molar-refractivity contribution in [2.75, 3.05) is 17.8 Å². The summed E-state index contributed by atoms with van der Waals surface area (Å²) in [7, 11) is 0. The number of carbonyl (C=O) groups is 2. The third kappa shape index (κ3) is 4.56. The van der Waals surface area contributed by atoms with Crippen LogP contribution in [0.5, 0.6) is 0 Å². The zero-order valence-corrected chi connectivity index (χ0v) is 15.6. The Morgan fingerprint density at radius 1 is 1.30 bits per heavy atom. The van der Waals surface area contributed by atoms with E-state index in [0.717, 1.165) is 15.6 Å². The van der Waals surface area contributed by atoms with Crippen LogP contribution < -0.4 is 5.32 Å². The molecule has 0 spiro atoms. The normalized spacial score (nSPS) is 10.4. The molecule has 4 nitrogen and oxygen atoms in total. The number of hydrogen-bond acceptors (Lipinski definition) is 4. The quantitative estimate of drug-likeness (QED) is 0.537. The lowest BCUT2D eigenvalue weighted by Crippen LogP contribution is -2.14. The lowest BCUT2D eigenvalue weighted by Gasteiger charge is -2.08. The highest BCUT2D eigenvalue weighted by molar-refractivity contribution is 9.10. The van der Waals surface area contributed by atoms with Crippen molar-refractivity contribution < 1.29 is 14.3 Å². The summed E-state index contributed by atoms with van der Waals surface area (Å²) in [4.78, 5) is 24.1. The van der Waals surface area contributed by atoms with Gasteiger partial charge in [-0.3, -0.25) is 4.79 Å². The van der Waals surface area contributed by atoms with Gasteiger partial charge in [0.25, 0.3) is 0 Å². The van der Waals surface area contributed by atoms with E-state index >= 15 is 0 Å². The minimum atomic E-state index is -0.451. The van der Waals surface area contributed by atoms with Crippen LogP contribution in [0.3, 0.4) is 0 Å². The lowest BCUT2D eigenvalue weighted by molar-refractivity contribution is -0.115. The highest BCUT2D eigenvalue weighted by Gasteiger charge is 2.22. The summed E-state index contributed by atoms with van der Waals surface area (Å²) in [5.41, 5.74) is 1.99. The average Bonchev–Trinajstić information content (AvgIpc) is 2.92. The van der Waals surface area contributed by atoms with Crippen LogP contribution in [0.1, 0.15) is 23.7 Å². The topological polar surface area (TPSA) is 55.4 Å². The molecule has 0 aliphatic heterocycles. The number of carbonyl (C=O) groups excluding carboxylic acids is 2. The first kappa shape index (κ1) is 18.0. The van der Waals surface area contributed by atoms with Gasteiger partial charge in [0, 0.05) is 27.7 Å². The second kappa shape index (κ2) is 8.47. The first-order chi connectivity index (χ1) is 11.1. The molecule has 1 N–H and O–H groups in total. The maximum Gasteiger partial charge on any atom is 0.341 e. The minimum Gasteiger partial charge on any atom is -0.462 e. The van der Waals surface area contributed by atoms with E-state index in [2.05, 4.69) is 21.2 Å². The zero-order chi connectivity index (χ0) is 16.8. The molecule has 0 atom stereocenters. The molecule has 1 aromatic heterocycles. The van der Waals surface area contributed by atoms with Gasteiger partial charge in [0.05, 0.1) is 6.61 Å². The predicted molar refractivity (Wildman–Crippen MR) is 97.4 cm³/mol. The average molecular weight is 417 g/mol. The molecule has 0 fully saturated rings. The fourth-order valence-electron chi connectivity index (χ4n) is 1.97. The van der Waals surface area contributed by atoms with Crippen LogP contribution >= 0.6 is 38.9 Å². The number of ether oxygens (including phenoxy) is 1. The number of benzene rings is 1. The number of halogens is 2. The molecule has 23 heavy (non-hydrogen) atoms. The number of anilines is 1. The first-order valence-electron chi connectivity index (χ1n) is 6.97. The molecule has 1 aromatic carbocycles. The number of rotatable bonds is 6. The second-order valence-electron chi connectivity index (χ2n) is 4.57. The van der Waals surface area contributed by atoms with Crippen molar-refractivity contribution in [3.8, 4) is 11.1 Å². The Bertz CT molecular complexity index is 700. The number of alkyl halides is 1. The SMILES string of the molecule is CCOC(=O)c1c(-c2ccc(Br)cc2)csc1NC(=O)CCCl. The van der Waals surface area contributed by atoms with Crippen molar-refractivity contribution in [1.29, 1.82) is 0 Å². The third-order valence-corrected chi connectivity index (χ3v) is 4.61. The fraction of sp³-hybridized carbons (Fsp3) is 0.250. The predicted octanol–water partition coefficient (Wildman–Crippen LogP) is 4.92. The van der Waals surface area contributed by atoms with Gasteiger partial charge < -0.3 is 10.1 Å². The van der Waals surface area contributed by atoms with Crippen molar-refractivity contribution in [1.82, 2.24) is 0 Å². The molecular formula is C16H15BrClNO3S. The smallest absolute Gasteiger partial charge is 0.341 e. The number of thiophene rings is 1. The minimum absolute atomic E-state index is 0.190. The Hall–Kier alpha value is -1.37. The molecule has 0 aliphatic carbocycles. The molecule has 0 bridgehead atoms. The third-order valence-electron chi connectivity index (χ3n) is 3.00. The van der Waals surface area contributed by atoms with E-state index in [-0.39, 0.29) is 24.8 Å². The highest BCUT2D eigenvalue weighted by atomic mass is 79.9. The second-order valence-corrected chi connectivity index (χ2v) is 6.74. The summed E-state index contributed by atoms with van der Waals surface area (Å²) in [6, 6.07) is 7.60. The van der Waals surface area contributed by atoms with E-state index in [4.69, 9.17) is 16.3 Å². The van der Waals surface area contributed by atoms with Gasteiger partial charge in [0.15, 0.2) is 0 Å². The van der Waals surface area contributed by atoms with Crippen molar-refractivity contribution in [3.63, 3.8) is 0 Å². The van der Waals surface area contributed by atoms with Crippen molar-refractivity contribution >= 4 is 55.7 Å². The van der Waals surface area contributed by atoms with Crippen LogP contribution in [0.4, 0.5) is 5.00 Å². The summed E-state index contributed by atoms with van der Waals surface area (Å²) in [6.07, 6.45) is 0.190. The first-order valence-corrected chi connectivity index (χ1v) is 9.17. The molecule has 1 amide bonds. The summed E-state index contributed by atoms with van der Waals surface area (Å²) in [5, 5.41) is 5.06. The van der Waals surface area contributed by atoms with Gasteiger partial charge >= 0.3 is 5.97 Å². The molecule has 0 saturated carbocycles. The summed E-state index contributed by atoms with van der Waals surface area (Å²) >= 11 is 10.3. The number of esters is 1. The lowest BCUT2D eigenvalue weighted by atomic mass is 10.0. The molecule has 122 valence electrons. The van der Waals surface area contributed by atoms with Gasteiger partial charge in [-0.05, 0) is 24.6 Å². The van der Waals surface area contributed by atoms with Gasteiger partial charge in [-0.15, -0.1) is 22.9 Å². The van der Waals surface area contributed by atoms with Crippen LogP contribution in [0.2, 0.25) is 0 Å². The standard InChI is InChI=1S/C16H15BrClNO3S/c1-2-22-16(21)14-12(10-3-5-11(17)6-4-10)9-23-15(14)19-13(20)7-8-18/h3-6,9H,2,7-8H2,1H3,(H,19,20). The monoisotopic (exact) mass is 415 g/mol. The van der Waals surface area contributed by atoms with E-state index < -0.39 is 5.97 Å². The Morgan fingerprint density at radius 2 is 2.00 bits per heavy atom. The molecule has 2 rings (SSSR count). The molecular weight excluding hydrogens is 402 g/mol. The van der Waals surface area contributed by atoms with Gasteiger partial charge in [-0.25, -0.2) is 4.79 Å². The molecule has 2 aromatic rings. The highest BCUT2D eigenvalue weighted by Crippen LogP contribution is 2.36. The maximum atomic E-state index is 12.3. The molecule has 1 heterocycles. The fourth-order valence-corrected chi connectivity index (χ4v) is 3.38. The summed E-state index contributed by atoms with van der Waals surface area (Å²) in [6.45, 7) is 2.01. The molecule has 0 unspecified atom stereocenters. The Kier molecular flexibility index (Phi) is 6.62. The molecule has 0 radical (unpaired) electrons. The van der Waals surface area contributed by atoms with Crippen LogP contribution in [0.15, 0.2) is 34.1 Å². The van der Waals surface area contributed by atoms with Crippen molar-refractivity contribution in [3.05, 3.63) is 39.7 Å². The van der Waals surface area contributed by atoms with Gasteiger partial charge in [-0.2, -0.15) is 0 Å². The molecule has 0 saturated heterocycles.